The molecule has 0 spiro atoms. The Kier molecular flexibility index (Phi) is 4.55. The molecular weight excluding hydrogens is 276 g/mol. The third kappa shape index (κ3) is 2.85. The smallest absolute Gasteiger partial charge is 0.211 e. The van der Waals surface area contributed by atoms with Gasteiger partial charge in [0, 0.05) is 6.54 Å². The molecule has 0 aliphatic rings. The second kappa shape index (κ2) is 5.31. The Morgan fingerprint density at radius 3 is 2.56 bits per heavy atom. The minimum atomic E-state index is -3.77. The monoisotopic (exact) mass is 285 g/mol. The molecule has 0 heterocycles. The number of sulfonamides is 1. The molecule has 0 unspecified atom stereocenters. The summed E-state index contributed by atoms with van der Waals surface area (Å²) in [7, 11) is -3.77. The van der Waals surface area contributed by atoms with Crippen LogP contribution in [0.4, 0.5) is 4.39 Å². The standard InChI is InChI=1S/C9H10Cl2FNO2S/c1-2-5-13-16(14,15)7-4-3-6(10)9(12)8(7)11/h3-4,13H,2,5H2,1H3. The molecule has 0 fully saturated rings. The van der Waals surface area contributed by atoms with Crippen LogP contribution in [0.25, 0.3) is 0 Å². The third-order valence-electron chi connectivity index (χ3n) is 1.83. The highest BCUT2D eigenvalue weighted by atomic mass is 35.5. The van der Waals surface area contributed by atoms with Crippen molar-refractivity contribution in [2.45, 2.75) is 18.2 Å². The first kappa shape index (κ1) is 13.7. The van der Waals surface area contributed by atoms with E-state index in [1.54, 1.807) is 0 Å². The molecule has 0 aromatic heterocycles. The van der Waals surface area contributed by atoms with Crippen molar-refractivity contribution in [3.8, 4) is 0 Å². The summed E-state index contributed by atoms with van der Waals surface area (Å²) in [6.45, 7) is 2.08. The molecule has 0 aliphatic carbocycles. The third-order valence-corrected chi connectivity index (χ3v) is 4.11. The van der Waals surface area contributed by atoms with Crippen LogP contribution >= 0.6 is 23.2 Å². The number of rotatable bonds is 4. The quantitative estimate of drug-likeness (QED) is 0.865. The number of benzene rings is 1. The molecule has 7 heteroatoms. The lowest BCUT2D eigenvalue weighted by Crippen LogP contribution is -2.24. The maximum Gasteiger partial charge on any atom is 0.242 e. The molecular formula is C9H10Cl2FNO2S. The average molecular weight is 286 g/mol. The zero-order valence-corrected chi connectivity index (χ0v) is 10.8. The van der Waals surface area contributed by atoms with Gasteiger partial charge in [-0.2, -0.15) is 0 Å². The van der Waals surface area contributed by atoms with Crippen molar-refractivity contribution >= 4 is 33.2 Å². The van der Waals surface area contributed by atoms with E-state index >= 15 is 0 Å². The van der Waals surface area contributed by atoms with Crippen LogP contribution in [-0.4, -0.2) is 15.0 Å². The Labute approximate surface area is 104 Å². The molecule has 1 N–H and O–H groups in total. The summed E-state index contributed by atoms with van der Waals surface area (Å²) < 4.78 is 38.9. The van der Waals surface area contributed by atoms with Crippen molar-refractivity contribution < 1.29 is 12.8 Å². The summed E-state index contributed by atoms with van der Waals surface area (Å²) in [6.07, 6.45) is 0.632. The average Bonchev–Trinajstić information content (AvgIpc) is 2.23. The Balaban J connectivity index is 3.19. The number of hydrogen-bond donors (Lipinski definition) is 1. The first-order valence-electron chi connectivity index (χ1n) is 4.53. The molecule has 16 heavy (non-hydrogen) atoms. The second-order valence-electron chi connectivity index (χ2n) is 3.07. The van der Waals surface area contributed by atoms with Gasteiger partial charge < -0.3 is 0 Å². The molecule has 0 aliphatic heterocycles. The molecule has 0 saturated carbocycles. The SMILES string of the molecule is CCCNS(=O)(=O)c1ccc(Cl)c(F)c1Cl. The van der Waals surface area contributed by atoms with Crippen LogP contribution < -0.4 is 4.72 Å². The molecule has 0 saturated heterocycles. The maximum atomic E-state index is 13.3. The van der Waals surface area contributed by atoms with Gasteiger partial charge >= 0.3 is 0 Å². The van der Waals surface area contributed by atoms with Gasteiger partial charge in [-0.3, -0.25) is 0 Å². The fraction of sp³-hybridized carbons (Fsp3) is 0.333. The summed E-state index contributed by atoms with van der Waals surface area (Å²) >= 11 is 11.0. The second-order valence-corrected chi connectivity index (χ2v) is 5.59. The van der Waals surface area contributed by atoms with E-state index in [1.165, 1.54) is 6.07 Å². The fourth-order valence-electron chi connectivity index (χ4n) is 1.03. The Morgan fingerprint density at radius 2 is 2.00 bits per heavy atom. The predicted octanol–water partition coefficient (Wildman–Crippen LogP) is 2.82. The van der Waals surface area contributed by atoms with Gasteiger partial charge in [-0.1, -0.05) is 30.1 Å². The van der Waals surface area contributed by atoms with Crippen molar-refractivity contribution in [1.29, 1.82) is 0 Å². The topological polar surface area (TPSA) is 46.2 Å². The van der Waals surface area contributed by atoms with E-state index in [4.69, 9.17) is 23.2 Å². The zero-order chi connectivity index (χ0) is 12.3. The van der Waals surface area contributed by atoms with Gasteiger partial charge in [-0.25, -0.2) is 17.5 Å². The minimum Gasteiger partial charge on any atom is -0.211 e. The van der Waals surface area contributed by atoms with Crippen LogP contribution in [0.3, 0.4) is 0 Å². The Bertz CT molecular complexity index is 491. The molecule has 0 amide bonds. The zero-order valence-electron chi connectivity index (χ0n) is 8.43. The van der Waals surface area contributed by atoms with Gasteiger partial charge in [-0.15, -0.1) is 0 Å². The van der Waals surface area contributed by atoms with Crippen LogP contribution in [0, 0.1) is 5.82 Å². The van der Waals surface area contributed by atoms with E-state index in [0.29, 0.717) is 6.42 Å². The Morgan fingerprint density at radius 1 is 1.38 bits per heavy atom. The van der Waals surface area contributed by atoms with Gasteiger partial charge in [0.05, 0.1) is 10.0 Å². The van der Waals surface area contributed by atoms with E-state index in [9.17, 15) is 12.8 Å². The molecule has 0 atom stereocenters. The predicted molar refractivity (Wildman–Crippen MR) is 61.9 cm³/mol. The first-order valence-corrected chi connectivity index (χ1v) is 6.77. The van der Waals surface area contributed by atoms with E-state index in [2.05, 4.69) is 4.72 Å². The summed E-state index contributed by atoms with van der Waals surface area (Å²) in [6, 6.07) is 2.33. The highest BCUT2D eigenvalue weighted by Gasteiger charge is 2.21. The lowest BCUT2D eigenvalue weighted by Gasteiger charge is -2.08. The van der Waals surface area contributed by atoms with Gasteiger partial charge in [0.1, 0.15) is 4.90 Å². The number of nitrogens with one attached hydrogen (secondary N) is 1. The van der Waals surface area contributed by atoms with Crippen LogP contribution in [0.5, 0.6) is 0 Å². The number of halogens is 3. The van der Waals surface area contributed by atoms with E-state index in [1.807, 2.05) is 6.92 Å². The Hall–Kier alpha value is -0.360. The van der Waals surface area contributed by atoms with Crippen molar-refractivity contribution in [2.24, 2.45) is 0 Å². The molecule has 1 aromatic rings. The van der Waals surface area contributed by atoms with Gasteiger partial charge in [0.15, 0.2) is 5.82 Å². The largest absolute Gasteiger partial charge is 0.242 e. The van der Waals surface area contributed by atoms with Crippen molar-refractivity contribution in [3.05, 3.63) is 28.0 Å². The summed E-state index contributed by atoms with van der Waals surface area (Å²) in [4.78, 5) is -0.301. The molecule has 3 nitrogen and oxygen atoms in total. The van der Waals surface area contributed by atoms with Gasteiger partial charge in [-0.05, 0) is 18.6 Å². The van der Waals surface area contributed by atoms with Crippen molar-refractivity contribution in [2.75, 3.05) is 6.54 Å². The minimum absolute atomic E-state index is 0.209. The number of hydrogen-bond acceptors (Lipinski definition) is 2. The van der Waals surface area contributed by atoms with Crippen LogP contribution in [-0.2, 0) is 10.0 Å². The van der Waals surface area contributed by atoms with Gasteiger partial charge in [0.25, 0.3) is 0 Å². The fourth-order valence-corrected chi connectivity index (χ4v) is 2.91. The van der Waals surface area contributed by atoms with Crippen molar-refractivity contribution in [1.82, 2.24) is 4.72 Å². The lowest BCUT2D eigenvalue weighted by molar-refractivity contribution is 0.577. The lowest BCUT2D eigenvalue weighted by atomic mass is 10.3. The van der Waals surface area contributed by atoms with Crippen LogP contribution in [0.2, 0.25) is 10.0 Å². The van der Waals surface area contributed by atoms with Crippen LogP contribution in [0.1, 0.15) is 13.3 Å². The van der Waals surface area contributed by atoms with E-state index < -0.39 is 20.9 Å². The van der Waals surface area contributed by atoms with Crippen LogP contribution in [0.15, 0.2) is 17.0 Å². The molecule has 1 rings (SSSR count). The van der Waals surface area contributed by atoms with Crippen molar-refractivity contribution in [3.63, 3.8) is 0 Å². The van der Waals surface area contributed by atoms with E-state index in [0.717, 1.165) is 6.07 Å². The highest BCUT2D eigenvalue weighted by Crippen LogP contribution is 2.29. The molecule has 0 bridgehead atoms. The molecule has 1 aromatic carbocycles. The highest BCUT2D eigenvalue weighted by molar-refractivity contribution is 7.89. The first-order chi connectivity index (χ1) is 7.40. The normalized spacial score (nSPS) is 11.8. The summed E-state index contributed by atoms with van der Waals surface area (Å²) in [5.74, 6) is -0.928. The van der Waals surface area contributed by atoms with Gasteiger partial charge in [0.2, 0.25) is 10.0 Å². The maximum absolute atomic E-state index is 13.3. The van der Waals surface area contributed by atoms with E-state index in [-0.39, 0.29) is 16.5 Å². The molecule has 90 valence electrons. The summed E-state index contributed by atoms with van der Waals surface area (Å²) in [5.41, 5.74) is 0. The molecule has 0 radical (unpaired) electrons. The summed E-state index contributed by atoms with van der Waals surface area (Å²) in [5, 5.41) is -0.699.